The minimum absolute atomic E-state index is 0.154. The van der Waals surface area contributed by atoms with Crippen molar-refractivity contribution in [1.29, 1.82) is 0 Å². The number of likely N-dealkylation sites (tertiary alicyclic amines) is 1. The van der Waals surface area contributed by atoms with Crippen LogP contribution in [0.5, 0.6) is 0 Å². The lowest BCUT2D eigenvalue weighted by molar-refractivity contribution is -0.114. The second-order valence-electron chi connectivity index (χ2n) is 3.78. The Kier molecular flexibility index (Phi) is 5.51. The number of carbonyl (C=O) groups is 1. The molecular weight excluding hydrogens is 212 g/mol. The normalized spacial score (nSPS) is 21.4. The van der Waals surface area contributed by atoms with Crippen LogP contribution >= 0.6 is 0 Å². The van der Waals surface area contributed by atoms with Crippen molar-refractivity contribution in [3.8, 4) is 0 Å². The summed E-state index contributed by atoms with van der Waals surface area (Å²) in [6, 6.07) is 0.154. The van der Waals surface area contributed by atoms with Gasteiger partial charge in [0.05, 0.1) is 7.11 Å². The van der Waals surface area contributed by atoms with Crippen molar-refractivity contribution in [3.05, 3.63) is 0 Å². The van der Waals surface area contributed by atoms with Crippen LogP contribution in [-0.4, -0.2) is 64.3 Å². The first-order valence-corrected chi connectivity index (χ1v) is 5.32. The number of ether oxygens (including phenoxy) is 3. The smallest absolute Gasteiger partial charge is 0.407 e. The van der Waals surface area contributed by atoms with E-state index in [-0.39, 0.29) is 18.4 Å². The average Bonchev–Trinajstić information content (AvgIpc) is 2.73. The van der Waals surface area contributed by atoms with Gasteiger partial charge in [0.1, 0.15) is 0 Å². The highest BCUT2D eigenvalue weighted by molar-refractivity contribution is 5.67. The van der Waals surface area contributed by atoms with E-state index < -0.39 is 0 Å². The quantitative estimate of drug-likeness (QED) is 0.678. The van der Waals surface area contributed by atoms with Crippen molar-refractivity contribution < 1.29 is 19.0 Å². The number of carbonyl (C=O) groups excluding carboxylic acids is 1. The van der Waals surface area contributed by atoms with Gasteiger partial charge in [-0.25, -0.2) is 4.79 Å². The van der Waals surface area contributed by atoms with Gasteiger partial charge in [0, 0.05) is 39.9 Å². The zero-order valence-corrected chi connectivity index (χ0v) is 10.1. The van der Waals surface area contributed by atoms with Crippen LogP contribution in [0.25, 0.3) is 0 Å². The van der Waals surface area contributed by atoms with Gasteiger partial charge < -0.3 is 19.5 Å². The zero-order chi connectivity index (χ0) is 12.0. The highest BCUT2D eigenvalue weighted by atomic mass is 16.7. The van der Waals surface area contributed by atoms with Crippen LogP contribution < -0.4 is 5.32 Å². The standard InChI is InChI=1S/C10H20N2O4/c1-14-9(15-2)7-12-5-4-8(6-12)11-10(13)16-3/h8-9H,4-7H2,1-3H3,(H,11,13). The molecule has 94 valence electrons. The van der Waals surface area contributed by atoms with Crippen molar-refractivity contribution >= 4 is 6.09 Å². The summed E-state index contributed by atoms with van der Waals surface area (Å²) >= 11 is 0. The lowest BCUT2D eigenvalue weighted by Crippen LogP contribution is -2.39. The first-order valence-electron chi connectivity index (χ1n) is 5.32. The maximum absolute atomic E-state index is 11.0. The molecule has 16 heavy (non-hydrogen) atoms. The predicted octanol–water partition coefficient (Wildman–Crippen LogP) is 0.0356. The lowest BCUT2D eigenvalue weighted by Gasteiger charge is -2.21. The lowest BCUT2D eigenvalue weighted by atomic mass is 10.3. The Morgan fingerprint density at radius 1 is 1.44 bits per heavy atom. The molecule has 1 aliphatic heterocycles. The summed E-state index contributed by atoms with van der Waals surface area (Å²) in [5.41, 5.74) is 0. The second kappa shape index (κ2) is 6.67. The molecule has 6 heteroatoms. The molecule has 6 nitrogen and oxygen atoms in total. The van der Waals surface area contributed by atoms with Crippen LogP contribution in [0, 0.1) is 0 Å². The highest BCUT2D eigenvalue weighted by Crippen LogP contribution is 2.10. The van der Waals surface area contributed by atoms with Crippen molar-refractivity contribution in [1.82, 2.24) is 10.2 Å². The number of amides is 1. The Labute approximate surface area is 95.8 Å². The molecule has 0 aromatic heterocycles. The molecule has 1 N–H and O–H groups in total. The second-order valence-corrected chi connectivity index (χ2v) is 3.78. The number of nitrogens with zero attached hydrogens (tertiary/aromatic N) is 1. The van der Waals surface area contributed by atoms with Gasteiger partial charge in [0.2, 0.25) is 0 Å². The van der Waals surface area contributed by atoms with E-state index in [0.29, 0.717) is 6.54 Å². The summed E-state index contributed by atoms with van der Waals surface area (Å²) in [7, 11) is 4.61. The topological polar surface area (TPSA) is 60.0 Å². The van der Waals surface area contributed by atoms with Crippen LogP contribution in [0.15, 0.2) is 0 Å². The molecule has 1 amide bonds. The molecule has 1 unspecified atom stereocenters. The van der Waals surface area contributed by atoms with E-state index in [1.165, 1.54) is 7.11 Å². The van der Waals surface area contributed by atoms with Crippen LogP contribution in [0.2, 0.25) is 0 Å². The summed E-state index contributed by atoms with van der Waals surface area (Å²) in [5.74, 6) is 0. The number of methoxy groups -OCH3 is 3. The van der Waals surface area contributed by atoms with Crippen molar-refractivity contribution in [3.63, 3.8) is 0 Å². The molecule has 0 aromatic rings. The van der Waals surface area contributed by atoms with Gasteiger partial charge in [-0.3, -0.25) is 4.90 Å². The Bertz CT molecular complexity index is 221. The number of hydrogen-bond acceptors (Lipinski definition) is 5. The number of nitrogens with one attached hydrogen (secondary N) is 1. The Morgan fingerprint density at radius 2 is 2.12 bits per heavy atom. The van der Waals surface area contributed by atoms with Gasteiger partial charge in [-0.15, -0.1) is 0 Å². The summed E-state index contributed by atoms with van der Waals surface area (Å²) in [5, 5.41) is 2.78. The minimum atomic E-state index is -0.373. The monoisotopic (exact) mass is 232 g/mol. The Hall–Kier alpha value is -0.850. The minimum Gasteiger partial charge on any atom is -0.453 e. The van der Waals surface area contributed by atoms with Gasteiger partial charge in [-0.1, -0.05) is 0 Å². The molecule has 0 saturated carbocycles. The fourth-order valence-electron chi connectivity index (χ4n) is 1.80. The summed E-state index contributed by atoms with van der Waals surface area (Å²) in [4.78, 5) is 13.2. The SMILES string of the molecule is COC(=O)NC1CCN(CC(OC)OC)C1. The molecule has 0 aliphatic carbocycles. The summed E-state index contributed by atoms with van der Waals surface area (Å²) in [6.07, 6.45) is 0.341. The fraction of sp³-hybridized carbons (Fsp3) is 0.900. The van der Waals surface area contributed by atoms with E-state index >= 15 is 0 Å². The third-order valence-corrected chi connectivity index (χ3v) is 2.71. The van der Waals surface area contributed by atoms with Crippen molar-refractivity contribution in [2.45, 2.75) is 18.8 Å². The number of rotatable bonds is 5. The maximum atomic E-state index is 11.0. The van der Waals surface area contributed by atoms with Gasteiger partial charge in [0.25, 0.3) is 0 Å². The van der Waals surface area contributed by atoms with Gasteiger partial charge in [-0.05, 0) is 6.42 Å². The van der Waals surface area contributed by atoms with E-state index in [1.54, 1.807) is 14.2 Å². The van der Waals surface area contributed by atoms with E-state index in [1.807, 2.05) is 0 Å². The molecule has 1 fully saturated rings. The molecule has 0 bridgehead atoms. The first kappa shape index (κ1) is 13.2. The number of alkyl carbamates (subject to hydrolysis) is 1. The molecule has 1 saturated heterocycles. The number of hydrogen-bond donors (Lipinski definition) is 1. The van der Waals surface area contributed by atoms with Gasteiger partial charge in [-0.2, -0.15) is 0 Å². The van der Waals surface area contributed by atoms with Crippen LogP contribution in [0.4, 0.5) is 4.79 Å². The zero-order valence-electron chi connectivity index (χ0n) is 10.1. The molecule has 1 atom stereocenters. The molecule has 1 aliphatic rings. The summed E-state index contributed by atoms with van der Waals surface area (Å²) in [6.45, 7) is 2.45. The molecular formula is C10H20N2O4. The van der Waals surface area contributed by atoms with Crippen LogP contribution in [-0.2, 0) is 14.2 Å². The Morgan fingerprint density at radius 3 is 2.69 bits per heavy atom. The van der Waals surface area contributed by atoms with Crippen LogP contribution in [0.1, 0.15) is 6.42 Å². The predicted molar refractivity (Wildman–Crippen MR) is 58.2 cm³/mol. The van der Waals surface area contributed by atoms with Crippen LogP contribution in [0.3, 0.4) is 0 Å². The largest absolute Gasteiger partial charge is 0.453 e. The summed E-state index contributed by atoms with van der Waals surface area (Å²) < 4.78 is 14.8. The first-order chi connectivity index (χ1) is 7.69. The van der Waals surface area contributed by atoms with E-state index in [9.17, 15) is 4.79 Å². The van der Waals surface area contributed by atoms with Gasteiger partial charge >= 0.3 is 6.09 Å². The molecule has 0 aromatic carbocycles. The van der Waals surface area contributed by atoms with E-state index in [2.05, 4.69) is 15.0 Å². The molecule has 0 spiro atoms. The molecule has 1 heterocycles. The Balaban J connectivity index is 2.26. The molecule has 0 radical (unpaired) electrons. The average molecular weight is 232 g/mol. The third-order valence-electron chi connectivity index (χ3n) is 2.71. The molecule has 1 rings (SSSR count). The fourth-order valence-corrected chi connectivity index (χ4v) is 1.80. The van der Waals surface area contributed by atoms with E-state index in [0.717, 1.165) is 19.5 Å². The highest BCUT2D eigenvalue weighted by Gasteiger charge is 2.25. The van der Waals surface area contributed by atoms with Crippen molar-refractivity contribution in [2.75, 3.05) is 41.0 Å². The van der Waals surface area contributed by atoms with Gasteiger partial charge in [0.15, 0.2) is 6.29 Å². The van der Waals surface area contributed by atoms with E-state index in [4.69, 9.17) is 9.47 Å². The third kappa shape index (κ3) is 3.96. The maximum Gasteiger partial charge on any atom is 0.407 e. The van der Waals surface area contributed by atoms with Crippen molar-refractivity contribution in [2.24, 2.45) is 0 Å².